The van der Waals surface area contributed by atoms with Gasteiger partial charge in [-0.05, 0) is 52.7 Å². The van der Waals surface area contributed by atoms with Crippen molar-refractivity contribution in [1.29, 1.82) is 0 Å². The number of carbonyl (C=O) groups is 1. The molecular weight excluding hydrogens is 306 g/mol. The molecule has 1 amide bonds. The third-order valence-electron chi connectivity index (χ3n) is 2.75. The lowest BCUT2D eigenvalue weighted by Crippen LogP contribution is -2.12. The largest absolute Gasteiger partial charge is 0.389 e. The summed E-state index contributed by atoms with van der Waals surface area (Å²) in [6.45, 7) is 1.69. The van der Waals surface area contributed by atoms with Gasteiger partial charge in [0.1, 0.15) is 0 Å². The molecule has 0 saturated carbocycles. The first-order chi connectivity index (χ1) is 9.08. The lowest BCUT2D eigenvalue weighted by Gasteiger charge is -2.09. The normalized spacial score (nSPS) is 11.9. The Morgan fingerprint density at radius 1 is 1.21 bits per heavy atom. The van der Waals surface area contributed by atoms with Gasteiger partial charge >= 0.3 is 0 Å². The van der Waals surface area contributed by atoms with Gasteiger partial charge in [-0.25, -0.2) is 0 Å². The maximum absolute atomic E-state index is 12.1. The molecule has 2 rings (SSSR count). The Morgan fingerprint density at radius 3 is 2.63 bits per heavy atom. The summed E-state index contributed by atoms with van der Waals surface area (Å²) in [5, 5.41) is 12.3. The molecule has 3 nitrogen and oxygen atoms in total. The van der Waals surface area contributed by atoms with E-state index in [1.54, 1.807) is 31.2 Å². The van der Waals surface area contributed by atoms with Crippen molar-refractivity contribution in [2.24, 2.45) is 0 Å². The van der Waals surface area contributed by atoms with Crippen molar-refractivity contribution < 1.29 is 9.90 Å². The number of carbonyl (C=O) groups excluding carboxylic acids is 1. The number of rotatable bonds is 3. The summed E-state index contributed by atoms with van der Waals surface area (Å²) in [5.74, 6) is -0.185. The molecular formula is C15H14BrNO2. The van der Waals surface area contributed by atoms with Crippen LogP contribution in [0.25, 0.3) is 0 Å². The van der Waals surface area contributed by atoms with Crippen LogP contribution in [-0.4, -0.2) is 11.0 Å². The Labute approximate surface area is 120 Å². The molecule has 98 valence electrons. The number of hydrogen-bond acceptors (Lipinski definition) is 2. The van der Waals surface area contributed by atoms with Gasteiger partial charge in [-0.1, -0.05) is 24.3 Å². The third-order valence-corrected chi connectivity index (χ3v) is 3.44. The number of aliphatic hydroxyl groups excluding tert-OH is 1. The highest BCUT2D eigenvalue weighted by Gasteiger charge is 2.10. The standard InChI is InChI=1S/C15H14BrNO2/c1-10(18)11-5-4-6-12(9-11)17-15(19)13-7-2-3-8-14(13)16/h2-10,18H,1H3,(H,17,19). The quantitative estimate of drug-likeness (QED) is 0.905. The van der Waals surface area contributed by atoms with Crippen LogP contribution in [0.3, 0.4) is 0 Å². The van der Waals surface area contributed by atoms with Crippen molar-refractivity contribution >= 4 is 27.5 Å². The zero-order valence-electron chi connectivity index (χ0n) is 10.4. The smallest absolute Gasteiger partial charge is 0.256 e. The van der Waals surface area contributed by atoms with E-state index in [0.717, 1.165) is 10.0 Å². The molecule has 1 atom stereocenters. The van der Waals surface area contributed by atoms with Gasteiger partial charge in [0.25, 0.3) is 5.91 Å². The van der Waals surface area contributed by atoms with E-state index >= 15 is 0 Å². The van der Waals surface area contributed by atoms with Crippen molar-refractivity contribution in [3.8, 4) is 0 Å². The molecule has 2 aromatic carbocycles. The van der Waals surface area contributed by atoms with Crippen molar-refractivity contribution in [3.63, 3.8) is 0 Å². The van der Waals surface area contributed by atoms with Crippen LogP contribution < -0.4 is 5.32 Å². The first-order valence-electron chi connectivity index (χ1n) is 5.92. The summed E-state index contributed by atoms with van der Waals surface area (Å²) in [6.07, 6.45) is -0.555. The predicted molar refractivity (Wildman–Crippen MR) is 79.2 cm³/mol. The second-order valence-electron chi connectivity index (χ2n) is 4.24. The molecule has 0 aliphatic rings. The van der Waals surface area contributed by atoms with E-state index in [1.807, 2.05) is 24.3 Å². The van der Waals surface area contributed by atoms with Crippen LogP contribution >= 0.6 is 15.9 Å². The fraction of sp³-hybridized carbons (Fsp3) is 0.133. The molecule has 0 bridgehead atoms. The first-order valence-corrected chi connectivity index (χ1v) is 6.71. The van der Waals surface area contributed by atoms with Crippen molar-refractivity contribution in [2.75, 3.05) is 5.32 Å². The average molecular weight is 320 g/mol. The molecule has 0 saturated heterocycles. The minimum absolute atomic E-state index is 0.185. The number of anilines is 1. The number of amides is 1. The molecule has 1 unspecified atom stereocenters. The highest BCUT2D eigenvalue weighted by molar-refractivity contribution is 9.10. The Morgan fingerprint density at radius 2 is 1.95 bits per heavy atom. The van der Waals surface area contributed by atoms with Crippen LogP contribution in [0.5, 0.6) is 0 Å². The molecule has 2 aromatic rings. The topological polar surface area (TPSA) is 49.3 Å². The van der Waals surface area contributed by atoms with Crippen LogP contribution in [0.1, 0.15) is 28.9 Å². The zero-order chi connectivity index (χ0) is 13.8. The van der Waals surface area contributed by atoms with Crippen LogP contribution in [0.15, 0.2) is 53.0 Å². The summed E-state index contributed by atoms with van der Waals surface area (Å²) in [7, 11) is 0. The molecule has 0 spiro atoms. The van der Waals surface area contributed by atoms with Gasteiger partial charge in [-0.15, -0.1) is 0 Å². The Balaban J connectivity index is 2.20. The van der Waals surface area contributed by atoms with E-state index in [4.69, 9.17) is 0 Å². The molecule has 4 heteroatoms. The van der Waals surface area contributed by atoms with Gasteiger partial charge in [-0.3, -0.25) is 4.79 Å². The predicted octanol–water partition coefficient (Wildman–Crippen LogP) is 3.75. The molecule has 0 aliphatic carbocycles. The number of hydrogen-bond donors (Lipinski definition) is 2. The third kappa shape index (κ3) is 3.43. The summed E-state index contributed by atoms with van der Waals surface area (Å²) in [4.78, 5) is 12.1. The molecule has 0 aliphatic heterocycles. The fourth-order valence-electron chi connectivity index (χ4n) is 1.72. The van der Waals surface area contributed by atoms with Gasteiger partial charge < -0.3 is 10.4 Å². The summed E-state index contributed by atoms with van der Waals surface area (Å²) in [6, 6.07) is 14.4. The molecule has 0 fully saturated rings. The molecule has 2 N–H and O–H groups in total. The monoisotopic (exact) mass is 319 g/mol. The number of halogens is 1. The van der Waals surface area contributed by atoms with Crippen LogP contribution in [-0.2, 0) is 0 Å². The van der Waals surface area contributed by atoms with Crippen LogP contribution in [0.4, 0.5) is 5.69 Å². The molecule has 0 heterocycles. The van der Waals surface area contributed by atoms with Gasteiger partial charge in [0.05, 0.1) is 11.7 Å². The Bertz CT molecular complexity index is 596. The van der Waals surface area contributed by atoms with Crippen molar-refractivity contribution in [3.05, 3.63) is 64.1 Å². The highest BCUT2D eigenvalue weighted by atomic mass is 79.9. The summed E-state index contributed by atoms with van der Waals surface area (Å²) in [5.41, 5.74) is 2.01. The Kier molecular flexibility index (Phi) is 4.35. The summed E-state index contributed by atoms with van der Waals surface area (Å²) < 4.78 is 0.749. The first kappa shape index (κ1) is 13.8. The minimum atomic E-state index is -0.555. The van der Waals surface area contributed by atoms with E-state index < -0.39 is 6.10 Å². The van der Waals surface area contributed by atoms with Crippen molar-refractivity contribution in [1.82, 2.24) is 0 Å². The van der Waals surface area contributed by atoms with Gasteiger partial charge in [0, 0.05) is 10.2 Å². The number of nitrogens with one attached hydrogen (secondary N) is 1. The second kappa shape index (κ2) is 5.99. The number of aliphatic hydroxyl groups is 1. The van der Waals surface area contributed by atoms with E-state index in [9.17, 15) is 9.90 Å². The highest BCUT2D eigenvalue weighted by Crippen LogP contribution is 2.20. The van der Waals surface area contributed by atoms with Crippen LogP contribution in [0.2, 0.25) is 0 Å². The maximum atomic E-state index is 12.1. The van der Waals surface area contributed by atoms with Crippen LogP contribution in [0, 0.1) is 0 Å². The number of benzene rings is 2. The van der Waals surface area contributed by atoms with E-state index in [2.05, 4.69) is 21.2 Å². The fourth-order valence-corrected chi connectivity index (χ4v) is 2.18. The average Bonchev–Trinajstić information content (AvgIpc) is 2.39. The Hall–Kier alpha value is -1.65. The van der Waals surface area contributed by atoms with Gasteiger partial charge in [0.15, 0.2) is 0 Å². The van der Waals surface area contributed by atoms with E-state index in [-0.39, 0.29) is 5.91 Å². The lowest BCUT2D eigenvalue weighted by molar-refractivity contribution is 0.102. The van der Waals surface area contributed by atoms with E-state index in [1.165, 1.54) is 0 Å². The molecule has 0 aromatic heterocycles. The van der Waals surface area contributed by atoms with E-state index in [0.29, 0.717) is 11.3 Å². The zero-order valence-corrected chi connectivity index (χ0v) is 12.0. The maximum Gasteiger partial charge on any atom is 0.256 e. The summed E-state index contributed by atoms with van der Waals surface area (Å²) >= 11 is 3.35. The second-order valence-corrected chi connectivity index (χ2v) is 5.09. The minimum Gasteiger partial charge on any atom is -0.389 e. The van der Waals surface area contributed by atoms with Crippen molar-refractivity contribution in [2.45, 2.75) is 13.0 Å². The lowest BCUT2D eigenvalue weighted by atomic mass is 10.1. The van der Waals surface area contributed by atoms with Gasteiger partial charge in [-0.2, -0.15) is 0 Å². The molecule has 19 heavy (non-hydrogen) atoms. The SMILES string of the molecule is CC(O)c1cccc(NC(=O)c2ccccc2Br)c1. The molecule has 0 radical (unpaired) electrons. The van der Waals surface area contributed by atoms with Gasteiger partial charge in [0.2, 0.25) is 0 Å².